The van der Waals surface area contributed by atoms with E-state index < -0.39 is 0 Å². The molecule has 0 aliphatic rings. The van der Waals surface area contributed by atoms with Crippen molar-refractivity contribution in [3.05, 3.63) is 29.8 Å². The van der Waals surface area contributed by atoms with Crippen LogP contribution in [0.5, 0.6) is 0 Å². The lowest BCUT2D eigenvalue weighted by molar-refractivity contribution is 0.494. The largest absolute Gasteiger partial charge is 0.324 e. The van der Waals surface area contributed by atoms with Crippen LogP contribution in [0.25, 0.3) is 11.0 Å². The van der Waals surface area contributed by atoms with Crippen LogP contribution >= 0.6 is 11.6 Å². The summed E-state index contributed by atoms with van der Waals surface area (Å²) in [6, 6.07) is 5.34. The average molecular weight is 269 g/mol. The first-order chi connectivity index (χ1) is 8.56. The molecule has 1 aromatic carbocycles. The molecule has 0 aliphatic carbocycles. The molecule has 98 valence electrons. The van der Waals surface area contributed by atoms with Crippen LogP contribution in [-0.2, 0) is 0 Å². The maximum atomic E-state index is 13.8. The van der Waals surface area contributed by atoms with Gasteiger partial charge in [-0.3, -0.25) is 0 Å². The number of halogens is 2. The Bertz CT molecular complexity index is 548. The van der Waals surface area contributed by atoms with Gasteiger partial charge in [-0.25, -0.2) is 9.37 Å². The highest BCUT2D eigenvalue weighted by Crippen LogP contribution is 2.30. The number of imidazole rings is 1. The highest BCUT2D eigenvalue weighted by molar-refractivity contribution is 6.20. The standard InChI is InChI=1S/C14H18ClFN2/c1-4-6-9(2)18-12-8-5-7-11(16)13(12)17-14(18)10(3)15/h5,7-10H,4,6H2,1-3H3. The quantitative estimate of drug-likeness (QED) is 0.726. The second-order valence-electron chi connectivity index (χ2n) is 4.70. The van der Waals surface area contributed by atoms with Crippen molar-refractivity contribution in [2.24, 2.45) is 0 Å². The first-order valence-electron chi connectivity index (χ1n) is 6.36. The fourth-order valence-electron chi connectivity index (χ4n) is 2.39. The monoisotopic (exact) mass is 268 g/mol. The summed E-state index contributed by atoms with van der Waals surface area (Å²) in [4.78, 5) is 4.37. The number of nitrogens with zero attached hydrogens (tertiary/aromatic N) is 2. The molecule has 2 atom stereocenters. The number of aromatic nitrogens is 2. The smallest absolute Gasteiger partial charge is 0.151 e. The van der Waals surface area contributed by atoms with Crippen LogP contribution < -0.4 is 0 Å². The predicted molar refractivity (Wildman–Crippen MR) is 73.6 cm³/mol. The number of para-hydroxylation sites is 1. The Morgan fingerprint density at radius 3 is 2.72 bits per heavy atom. The van der Waals surface area contributed by atoms with Crippen molar-refractivity contribution < 1.29 is 4.39 Å². The fourth-order valence-corrected chi connectivity index (χ4v) is 2.55. The zero-order valence-electron chi connectivity index (χ0n) is 11.0. The molecular formula is C14H18ClFN2. The third kappa shape index (κ3) is 2.24. The number of hydrogen-bond donors (Lipinski definition) is 0. The molecule has 0 spiro atoms. The fraction of sp³-hybridized carbons (Fsp3) is 0.500. The summed E-state index contributed by atoms with van der Waals surface area (Å²) >= 11 is 6.17. The molecule has 0 aliphatic heterocycles. The van der Waals surface area contributed by atoms with Crippen molar-refractivity contribution in [2.75, 3.05) is 0 Å². The average Bonchev–Trinajstić information content (AvgIpc) is 2.70. The number of alkyl halides is 1. The second-order valence-corrected chi connectivity index (χ2v) is 5.36. The van der Waals surface area contributed by atoms with Crippen molar-refractivity contribution in [2.45, 2.75) is 45.0 Å². The third-order valence-electron chi connectivity index (χ3n) is 3.20. The Morgan fingerprint density at radius 1 is 1.39 bits per heavy atom. The highest BCUT2D eigenvalue weighted by Gasteiger charge is 2.20. The Hall–Kier alpha value is -1.09. The van der Waals surface area contributed by atoms with E-state index in [1.165, 1.54) is 6.07 Å². The van der Waals surface area contributed by atoms with Gasteiger partial charge in [0.2, 0.25) is 0 Å². The molecule has 2 aromatic rings. The summed E-state index contributed by atoms with van der Waals surface area (Å²) in [5.41, 5.74) is 1.25. The molecular weight excluding hydrogens is 251 g/mol. The lowest BCUT2D eigenvalue weighted by Gasteiger charge is -2.17. The predicted octanol–water partition coefficient (Wildman–Crippen LogP) is 4.84. The molecule has 4 heteroatoms. The van der Waals surface area contributed by atoms with Gasteiger partial charge in [0.15, 0.2) is 5.82 Å². The van der Waals surface area contributed by atoms with Gasteiger partial charge in [-0.05, 0) is 32.4 Å². The minimum atomic E-state index is -0.284. The van der Waals surface area contributed by atoms with E-state index in [4.69, 9.17) is 11.6 Å². The molecule has 1 heterocycles. The SMILES string of the molecule is CCCC(C)n1c(C(C)Cl)nc2c(F)cccc21. The van der Waals surface area contributed by atoms with E-state index in [0.29, 0.717) is 5.52 Å². The van der Waals surface area contributed by atoms with Crippen LogP contribution in [0.1, 0.15) is 50.9 Å². The maximum Gasteiger partial charge on any atom is 0.151 e. The molecule has 0 saturated heterocycles. The number of rotatable bonds is 4. The molecule has 0 N–H and O–H groups in total. The van der Waals surface area contributed by atoms with E-state index in [0.717, 1.165) is 24.2 Å². The number of fused-ring (bicyclic) bond motifs is 1. The molecule has 2 rings (SSSR count). The molecule has 0 amide bonds. The zero-order valence-corrected chi connectivity index (χ0v) is 11.7. The van der Waals surface area contributed by atoms with Crippen LogP contribution in [0.3, 0.4) is 0 Å². The summed E-state index contributed by atoms with van der Waals surface area (Å²) in [5.74, 6) is 0.464. The molecule has 2 unspecified atom stereocenters. The Morgan fingerprint density at radius 2 is 2.11 bits per heavy atom. The van der Waals surface area contributed by atoms with E-state index >= 15 is 0 Å². The van der Waals surface area contributed by atoms with E-state index in [-0.39, 0.29) is 17.2 Å². The molecule has 0 fully saturated rings. The van der Waals surface area contributed by atoms with Gasteiger partial charge in [0.1, 0.15) is 11.3 Å². The molecule has 0 radical (unpaired) electrons. The van der Waals surface area contributed by atoms with E-state index in [9.17, 15) is 4.39 Å². The summed E-state index contributed by atoms with van der Waals surface area (Å²) in [6.45, 7) is 6.13. The topological polar surface area (TPSA) is 17.8 Å². The van der Waals surface area contributed by atoms with Crippen molar-refractivity contribution in [1.29, 1.82) is 0 Å². The lowest BCUT2D eigenvalue weighted by Crippen LogP contribution is -2.09. The van der Waals surface area contributed by atoms with Gasteiger partial charge < -0.3 is 4.57 Å². The van der Waals surface area contributed by atoms with E-state index in [2.05, 4.69) is 23.4 Å². The molecule has 0 bridgehead atoms. The summed E-state index contributed by atoms with van der Waals surface area (Å²) in [5, 5.41) is -0.226. The number of hydrogen-bond acceptors (Lipinski definition) is 1. The van der Waals surface area contributed by atoms with Crippen molar-refractivity contribution >= 4 is 22.6 Å². The number of benzene rings is 1. The minimum absolute atomic E-state index is 0.226. The Kier molecular flexibility index (Phi) is 3.91. The van der Waals surface area contributed by atoms with E-state index in [1.807, 2.05) is 13.0 Å². The highest BCUT2D eigenvalue weighted by atomic mass is 35.5. The van der Waals surface area contributed by atoms with Crippen molar-refractivity contribution in [3.63, 3.8) is 0 Å². The van der Waals surface area contributed by atoms with Gasteiger partial charge >= 0.3 is 0 Å². The maximum absolute atomic E-state index is 13.8. The van der Waals surface area contributed by atoms with Crippen LogP contribution in [0.4, 0.5) is 4.39 Å². The second kappa shape index (κ2) is 5.27. The summed E-state index contributed by atoms with van der Waals surface area (Å²) in [7, 11) is 0. The van der Waals surface area contributed by atoms with Crippen LogP contribution in [0.2, 0.25) is 0 Å². The molecule has 1 aromatic heterocycles. The van der Waals surface area contributed by atoms with E-state index in [1.54, 1.807) is 6.07 Å². The van der Waals surface area contributed by atoms with Gasteiger partial charge in [0.25, 0.3) is 0 Å². The summed E-state index contributed by atoms with van der Waals surface area (Å²) in [6.07, 6.45) is 2.10. The third-order valence-corrected chi connectivity index (χ3v) is 3.40. The van der Waals surface area contributed by atoms with Crippen LogP contribution in [-0.4, -0.2) is 9.55 Å². The van der Waals surface area contributed by atoms with Crippen LogP contribution in [0, 0.1) is 5.82 Å². The Balaban J connectivity index is 2.66. The van der Waals surface area contributed by atoms with Crippen molar-refractivity contribution in [3.8, 4) is 0 Å². The molecule has 2 nitrogen and oxygen atoms in total. The van der Waals surface area contributed by atoms with Crippen LogP contribution in [0.15, 0.2) is 18.2 Å². The van der Waals surface area contributed by atoms with Gasteiger partial charge in [-0.2, -0.15) is 0 Å². The normalized spacial score (nSPS) is 14.9. The van der Waals surface area contributed by atoms with Gasteiger partial charge in [0, 0.05) is 6.04 Å². The van der Waals surface area contributed by atoms with Gasteiger partial charge in [-0.1, -0.05) is 19.4 Å². The summed E-state index contributed by atoms with van der Waals surface area (Å²) < 4.78 is 15.8. The van der Waals surface area contributed by atoms with Gasteiger partial charge in [0.05, 0.1) is 10.9 Å². The van der Waals surface area contributed by atoms with Crippen molar-refractivity contribution in [1.82, 2.24) is 9.55 Å². The first kappa shape index (κ1) is 13.3. The zero-order chi connectivity index (χ0) is 13.3. The lowest BCUT2D eigenvalue weighted by atomic mass is 10.2. The van der Waals surface area contributed by atoms with Gasteiger partial charge in [-0.15, -0.1) is 11.6 Å². The Labute approximate surface area is 112 Å². The first-order valence-corrected chi connectivity index (χ1v) is 6.80. The minimum Gasteiger partial charge on any atom is -0.324 e. The molecule has 18 heavy (non-hydrogen) atoms. The molecule has 0 saturated carbocycles.